The zero-order valence-corrected chi connectivity index (χ0v) is 17.0. The fourth-order valence-electron chi connectivity index (χ4n) is 3.26. The molecular weight excluding hydrogens is 364 g/mol. The number of amides is 2. The molecule has 1 saturated heterocycles. The van der Waals surface area contributed by atoms with Crippen molar-refractivity contribution in [3.8, 4) is 0 Å². The molecule has 27 heavy (non-hydrogen) atoms. The Bertz CT molecular complexity index is 872. The number of nitrogen functional groups attached to an aromatic ring is 1. The highest BCUT2D eigenvalue weighted by molar-refractivity contribution is 7.21. The predicted molar refractivity (Wildman–Crippen MR) is 107 cm³/mol. The molecule has 7 nitrogen and oxygen atoms in total. The number of carbonyl (C=O) groups excluding carboxylic acids is 2. The quantitative estimate of drug-likeness (QED) is 0.815. The molecule has 8 heteroatoms. The van der Waals surface area contributed by atoms with Gasteiger partial charge in [-0.3, -0.25) is 9.69 Å². The minimum Gasteiger partial charge on any atom is -0.444 e. The second-order valence-electron chi connectivity index (χ2n) is 7.70. The smallest absolute Gasteiger partial charge is 0.410 e. The molecule has 0 spiro atoms. The summed E-state index contributed by atoms with van der Waals surface area (Å²) in [6, 6.07) is 3.65. The number of fused-ring (bicyclic) bond motifs is 1. The van der Waals surface area contributed by atoms with Gasteiger partial charge >= 0.3 is 6.09 Å². The number of rotatable bonds is 2. The van der Waals surface area contributed by atoms with E-state index in [1.807, 2.05) is 32.9 Å². The van der Waals surface area contributed by atoms with E-state index in [0.717, 1.165) is 30.3 Å². The average molecular weight is 391 g/mol. The third-order valence-electron chi connectivity index (χ3n) is 4.52. The SMILES string of the molecule is CNC(=O)c1sc2nc(C3CCCCN3C(=O)OC(C)(C)C)ccc2c1N. The van der Waals surface area contributed by atoms with E-state index in [4.69, 9.17) is 15.5 Å². The molecule has 0 radical (unpaired) electrons. The van der Waals surface area contributed by atoms with Crippen molar-refractivity contribution < 1.29 is 14.3 Å². The molecule has 3 rings (SSSR count). The first kappa shape index (κ1) is 19.4. The number of nitrogens with one attached hydrogen (secondary N) is 1. The molecule has 3 N–H and O–H groups in total. The molecule has 1 fully saturated rings. The van der Waals surface area contributed by atoms with Gasteiger partial charge in [-0.2, -0.15) is 0 Å². The number of nitrogens with two attached hydrogens (primary N) is 1. The van der Waals surface area contributed by atoms with E-state index in [9.17, 15) is 9.59 Å². The van der Waals surface area contributed by atoms with Crippen LogP contribution in [-0.4, -0.2) is 41.1 Å². The van der Waals surface area contributed by atoms with Crippen LogP contribution in [0.2, 0.25) is 0 Å². The van der Waals surface area contributed by atoms with Crippen LogP contribution in [0.15, 0.2) is 12.1 Å². The fourth-order valence-corrected chi connectivity index (χ4v) is 4.30. The lowest BCUT2D eigenvalue weighted by molar-refractivity contribution is 0.00903. The van der Waals surface area contributed by atoms with E-state index in [1.54, 1.807) is 11.9 Å². The fraction of sp³-hybridized carbons (Fsp3) is 0.526. The van der Waals surface area contributed by atoms with Crippen LogP contribution in [0.5, 0.6) is 0 Å². The van der Waals surface area contributed by atoms with Gasteiger partial charge in [0.05, 0.1) is 17.4 Å². The summed E-state index contributed by atoms with van der Waals surface area (Å²) in [4.78, 5) is 32.3. The summed E-state index contributed by atoms with van der Waals surface area (Å²) in [5, 5.41) is 3.36. The van der Waals surface area contributed by atoms with E-state index < -0.39 is 5.60 Å². The first-order valence-corrected chi connectivity index (χ1v) is 9.93. The normalized spacial score (nSPS) is 17.8. The molecule has 2 aromatic rings. The van der Waals surface area contributed by atoms with Gasteiger partial charge in [-0.15, -0.1) is 11.3 Å². The number of aromatic nitrogens is 1. The molecule has 0 bridgehead atoms. The number of anilines is 1. The van der Waals surface area contributed by atoms with Crippen molar-refractivity contribution in [2.45, 2.75) is 51.7 Å². The largest absolute Gasteiger partial charge is 0.444 e. The van der Waals surface area contributed by atoms with E-state index in [2.05, 4.69) is 5.32 Å². The summed E-state index contributed by atoms with van der Waals surface area (Å²) in [6.07, 6.45) is 2.50. The Kier molecular flexibility index (Phi) is 5.28. The summed E-state index contributed by atoms with van der Waals surface area (Å²) in [7, 11) is 1.58. The third kappa shape index (κ3) is 4.00. The second-order valence-corrected chi connectivity index (χ2v) is 8.70. The van der Waals surface area contributed by atoms with Gasteiger partial charge in [-0.25, -0.2) is 9.78 Å². The molecule has 1 atom stereocenters. The summed E-state index contributed by atoms with van der Waals surface area (Å²) in [5.41, 5.74) is 6.82. The minimum absolute atomic E-state index is 0.134. The van der Waals surface area contributed by atoms with Gasteiger partial charge in [0.1, 0.15) is 15.3 Å². The number of likely N-dealkylation sites (tertiary alicyclic amines) is 1. The standard InChI is InChI=1S/C19H26N4O3S/c1-19(2,3)26-18(25)23-10-6-5-7-13(23)12-9-8-11-14(20)15(16(24)21-4)27-17(11)22-12/h8-9,13H,5-7,10,20H2,1-4H3,(H,21,24). The van der Waals surface area contributed by atoms with Gasteiger partial charge in [0.15, 0.2) is 0 Å². The Morgan fingerprint density at radius 2 is 2.07 bits per heavy atom. The summed E-state index contributed by atoms with van der Waals surface area (Å²) < 4.78 is 5.57. The number of carbonyl (C=O) groups is 2. The zero-order valence-electron chi connectivity index (χ0n) is 16.2. The molecule has 1 unspecified atom stereocenters. The highest BCUT2D eigenvalue weighted by Crippen LogP contribution is 2.36. The maximum absolute atomic E-state index is 12.7. The molecule has 2 amide bonds. The van der Waals surface area contributed by atoms with Crippen LogP contribution >= 0.6 is 11.3 Å². The van der Waals surface area contributed by atoms with Crippen LogP contribution in [0.4, 0.5) is 10.5 Å². The predicted octanol–water partition coefficient (Wildman–Crippen LogP) is 3.70. The molecule has 1 aliphatic heterocycles. The zero-order chi connectivity index (χ0) is 19.8. The van der Waals surface area contributed by atoms with Crippen molar-refractivity contribution in [1.29, 1.82) is 0 Å². The van der Waals surface area contributed by atoms with Crippen LogP contribution in [0, 0.1) is 0 Å². The first-order chi connectivity index (χ1) is 12.7. The van der Waals surface area contributed by atoms with Crippen LogP contribution in [0.25, 0.3) is 10.2 Å². The van der Waals surface area contributed by atoms with E-state index >= 15 is 0 Å². The molecule has 0 aromatic carbocycles. The number of hydrogen-bond acceptors (Lipinski definition) is 6. The first-order valence-electron chi connectivity index (χ1n) is 9.12. The van der Waals surface area contributed by atoms with Gasteiger partial charge in [0.2, 0.25) is 0 Å². The Labute approximate surface area is 162 Å². The van der Waals surface area contributed by atoms with Gasteiger partial charge in [0, 0.05) is 19.0 Å². The Morgan fingerprint density at radius 1 is 1.33 bits per heavy atom. The van der Waals surface area contributed by atoms with Crippen molar-refractivity contribution in [3.63, 3.8) is 0 Å². The number of piperidine rings is 1. The summed E-state index contributed by atoms with van der Waals surface area (Å²) in [5.74, 6) is -0.218. The van der Waals surface area contributed by atoms with Gasteiger partial charge < -0.3 is 15.8 Å². The molecule has 2 aromatic heterocycles. The number of ether oxygens (including phenoxy) is 1. The second kappa shape index (κ2) is 7.34. The molecule has 3 heterocycles. The lowest BCUT2D eigenvalue weighted by atomic mass is 9.99. The number of hydrogen-bond donors (Lipinski definition) is 2. The van der Waals surface area contributed by atoms with Crippen LogP contribution in [0.1, 0.15) is 61.4 Å². The van der Waals surface area contributed by atoms with Crippen LogP contribution in [-0.2, 0) is 4.74 Å². The van der Waals surface area contributed by atoms with Crippen molar-refractivity contribution >= 4 is 39.2 Å². The van der Waals surface area contributed by atoms with Crippen molar-refractivity contribution in [2.75, 3.05) is 19.3 Å². The molecule has 0 saturated carbocycles. The molecule has 1 aliphatic rings. The average Bonchev–Trinajstić information content (AvgIpc) is 2.96. The lowest BCUT2D eigenvalue weighted by Gasteiger charge is -2.36. The summed E-state index contributed by atoms with van der Waals surface area (Å²) in [6.45, 7) is 6.24. The van der Waals surface area contributed by atoms with Gasteiger partial charge in [0.25, 0.3) is 5.91 Å². The van der Waals surface area contributed by atoms with Crippen LogP contribution < -0.4 is 11.1 Å². The topological polar surface area (TPSA) is 97.5 Å². The Morgan fingerprint density at radius 3 is 2.74 bits per heavy atom. The van der Waals surface area contributed by atoms with E-state index in [-0.39, 0.29) is 18.0 Å². The molecule has 146 valence electrons. The number of nitrogens with zero attached hydrogens (tertiary/aromatic N) is 2. The van der Waals surface area contributed by atoms with E-state index in [1.165, 1.54) is 11.3 Å². The highest BCUT2D eigenvalue weighted by Gasteiger charge is 2.32. The molecular formula is C19H26N4O3S. The van der Waals surface area contributed by atoms with Crippen molar-refractivity contribution in [3.05, 3.63) is 22.7 Å². The van der Waals surface area contributed by atoms with Crippen LogP contribution in [0.3, 0.4) is 0 Å². The maximum Gasteiger partial charge on any atom is 0.410 e. The monoisotopic (exact) mass is 390 g/mol. The number of pyridine rings is 1. The Balaban J connectivity index is 1.94. The third-order valence-corrected chi connectivity index (χ3v) is 5.63. The summed E-state index contributed by atoms with van der Waals surface area (Å²) >= 11 is 1.27. The maximum atomic E-state index is 12.7. The molecule has 0 aliphatic carbocycles. The Hall–Kier alpha value is -2.35. The van der Waals surface area contributed by atoms with Crippen molar-refractivity contribution in [1.82, 2.24) is 15.2 Å². The lowest BCUT2D eigenvalue weighted by Crippen LogP contribution is -2.42. The number of thiophene rings is 1. The van der Waals surface area contributed by atoms with Gasteiger partial charge in [-0.1, -0.05) is 0 Å². The highest BCUT2D eigenvalue weighted by atomic mass is 32.1. The minimum atomic E-state index is -0.541. The van der Waals surface area contributed by atoms with Crippen molar-refractivity contribution in [2.24, 2.45) is 0 Å². The van der Waals surface area contributed by atoms with Gasteiger partial charge in [-0.05, 0) is 52.2 Å². The van der Waals surface area contributed by atoms with E-state index in [0.29, 0.717) is 21.9 Å².